The summed E-state index contributed by atoms with van der Waals surface area (Å²) < 4.78 is 8.41. The van der Waals surface area contributed by atoms with Gasteiger partial charge in [-0.1, -0.05) is 60.1 Å². The van der Waals surface area contributed by atoms with Crippen LogP contribution >= 0.6 is 0 Å². The minimum absolute atomic E-state index is 0.0118. The van der Waals surface area contributed by atoms with Gasteiger partial charge in [0.15, 0.2) is 0 Å². The zero-order valence-electron chi connectivity index (χ0n) is 28.2. The fourth-order valence-corrected chi connectivity index (χ4v) is 6.36. The van der Waals surface area contributed by atoms with Crippen LogP contribution in [0.3, 0.4) is 0 Å². The van der Waals surface area contributed by atoms with E-state index < -0.39 is 5.60 Å². The van der Waals surface area contributed by atoms with Crippen LogP contribution in [0.5, 0.6) is 5.75 Å². The molecule has 0 aliphatic heterocycles. The van der Waals surface area contributed by atoms with Crippen LogP contribution in [-0.4, -0.2) is 58.9 Å². The van der Waals surface area contributed by atoms with Gasteiger partial charge < -0.3 is 24.6 Å². The van der Waals surface area contributed by atoms with E-state index in [0.29, 0.717) is 13.2 Å². The van der Waals surface area contributed by atoms with E-state index >= 15 is 0 Å². The van der Waals surface area contributed by atoms with E-state index in [4.69, 9.17) is 4.74 Å². The number of benzene rings is 1. The molecule has 0 spiro atoms. The number of carbonyl (C=O) groups excluding carboxylic acids is 1. The number of hydrogen-bond donors (Lipinski definition) is 2. The van der Waals surface area contributed by atoms with E-state index in [9.17, 15) is 9.90 Å². The van der Waals surface area contributed by atoms with Crippen molar-refractivity contribution < 1.29 is 14.6 Å². The first kappa shape index (κ1) is 35.9. The van der Waals surface area contributed by atoms with Gasteiger partial charge in [-0.05, 0) is 114 Å². The highest BCUT2D eigenvalue weighted by atomic mass is 16.5. The third-order valence-corrected chi connectivity index (χ3v) is 9.65. The predicted molar refractivity (Wildman–Crippen MR) is 177 cm³/mol. The molecule has 1 aromatic heterocycles. The van der Waals surface area contributed by atoms with Crippen molar-refractivity contribution in [1.82, 2.24) is 14.8 Å². The summed E-state index contributed by atoms with van der Waals surface area (Å²) in [5.74, 6) is 0.951. The molecule has 42 heavy (non-hydrogen) atoms. The number of unbranched alkanes of at least 4 members (excludes halogenated alkanes) is 2. The lowest BCUT2D eigenvalue weighted by molar-refractivity contribution is 0.0209. The third kappa shape index (κ3) is 9.09. The molecule has 6 heteroatoms. The molecule has 0 radical (unpaired) electrons. The number of carbonyl (C=O) groups is 1. The van der Waals surface area contributed by atoms with Gasteiger partial charge in [-0.2, -0.15) is 0 Å². The van der Waals surface area contributed by atoms with E-state index in [0.717, 1.165) is 101 Å². The molecule has 0 saturated carbocycles. The standard InChI is InChI=1S/C36H61N3O3/c1-9-35(41,10-2)24-17-16-18-27-42-32-22-20-30(28-29(32)8)36(11-3,12-4)33-23-21-31(39(33)15-7)34(40)37-25-19-26-38(13-5)14-6/h20-23,28,41H,9-19,24-27H2,1-8H3,(H,37,40). The molecule has 0 bridgehead atoms. The Bertz CT molecular complexity index is 1060. The average molecular weight is 584 g/mol. The SMILES string of the molecule is CCN(CC)CCCNC(=O)c1ccc(C(CC)(CC)c2ccc(OCCCCCC(O)(CC)CC)c(C)c2)n1CC. The fourth-order valence-electron chi connectivity index (χ4n) is 6.36. The summed E-state index contributed by atoms with van der Waals surface area (Å²) in [6, 6.07) is 10.8. The van der Waals surface area contributed by atoms with Crippen molar-refractivity contribution in [3.05, 3.63) is 52.8 Å². The van der Waals surface area contributed by atoms with E-state index in [1.54, 1.807) is 0 Å². The number of amides is 1. The van der Waals surface area contributed by atoms with E-state index in [1.807, 2.05) is 6.07 Å². The Labute approximate surface area is 257 Å². The zero-order chi connectivity index (χ0) is 31.2. The van der Waals surface area contributed by atoms with Crippen molar-refractivity contribution in [2.24, 2.45) is 0 Å². The van der Waals surface area contributed by atoms with Gasteiger partial charge >= 0.3 is 0 Å². The Morgan fingerprint density at radius 3 is 2.17 bits per heavy atom. The number of nitrogens with one attached hydrogen (secondary N) is 1. The normalized spacial score (nSPS) is 12.2. The highest BCUT2D eigenvalue weighted by molar-refractivity contribution is 5.93. The predicted octanol–water partition coefficient (Wildman–Crippen LogP) is 7.87. The topological polar surface area (TPSA) is 66.7 Å². The maximum Gasteiger partial charge on any atom is 0.267 e. The lowest BCUT2D eigenvalue weighted by Crippen LogP contribution is -2.33. The van der Waals surface area contributed by atoms with Crippen LogP contribution in [-0.2, 0) is 12.0 Å². The molecule has 1 heterocycles. The highest BCUT2D eigenvalue weighted by Gasteiger charge is 2.35. The molecule has 0 saturated heterocycles. The monoisotopic (exact) mass is 583 g/mol. The maximum absolute atomic E-state index is 13.2. The molecule has 0 unspecified atom stereocenters. The van der Waals surface area contributed by atoms with Crippen molar-refractivity contribution in [2.45, 2.75) is 131 Å². The number of aliphatic hydroxyl groups is 1. The number of aryl methyl sites for hydroxylation is 1. The quantitative estimate of drug-likeness (QED) is 0.147. The summed E-state index contributed by atoms with van der Waals surface area (Å²) in [5, 5.41) is 13.7. The van der Waals surface area contributed by atoms with Crippen molar-refractivity contribution in [1.29, 1.82) is 0 Å². The number of nitrogens with zero attached hydrogens (tertiary/aromatic N) is 2. The van der Waals surface area contributed by atoms with E-state index in [1.165, 1.54) is 11.3 Å². The molecule has 238 valence electrons. The van der Waals surface area contributed by atoms with Crippen LogP contribution in [0, 0.1) is 6.92 Å². The molecule has 0 fully saturated rings. The van der Waals surface area contributed by atoms with Gasteiger partial charge in [-0.25, -0.2) is 0 Å². The Hall–Kier alpha value is -2.31. The zero-order valence-corrected chi connectivity index (χ0v) is 28.2. The summed E-state index contributed by atoms with van der Waals surface area (Å²) in [6.07, 6.45) is 8.42. The van der Waals surface area contributed by atoms with Crippen LogP contribution in [0.1, 0.15) is 134 Å². The second kappa shape index (κ2) is 17.7. The van der Waals surface area contributed by atoms with Gasteiger partial charge in [0.05, 0.1) is 12.2 Å². The van der Waals surface area contributed by atoms with Gasteiger partial charge in [0.1, 0.15) is 11.4 Å². The van der Waals surface area contributed by atoms with Crippen molar-refractivity contribution in [3.63, 3.8) is 0 Å². The van der Waals surface area contributed by atoms with Gasteiger partial charge in [-0.3, -0.25) is 4.79 Å². The van der Waals surface area contributed by atoms with Crippen molar-refractivity contribution in [3.8, 4) is 5.75 Å². The van der Waals surface area contributed by atoms with Crippen molar-refractivity contribution in [2.75, 3.05) is 32.8 Å². The van der Waals surface area contributed by atoms with Crippen LogP contribution in [0.2, 0.25) is 0 Å². The lowest BCUT2D eigenvalue weighted by atomic mass is 9.72. The van der Waals surface area contributed by atoms with Crippen LogP contribution < -0.4 is 10.1 Å². The van der Waals surface area contributed by atoms with Crippen molar-refractivity contribution >= 4 is 5.91 Å². The van der Waals surface area contributed by atoms with Gasteiger partial charge in [0.25, 0.3) is 5.91 Å². The number of aromatic nitrogens is 1. The smallest absolute Gasteiger partial charge is 0.267 e. The Morgan fingerprint density at radius 1 is 0.905 bits per heavy atom. The average Bonchev–Trinajstić information content (AvgIpc) is 3.45. The summed E-state index contributed by atoms with van der Waals surface area (Å²) in [4.78, 5) is 15.6. The molecule has 2 aromatic rings. The molecule has 2 rings (SSSR count). The number of hydrogen-bond acceptors (Lipinski definition) is 4. The van der Waals surface area contributed by atoms with Crippen LogP contribution in [0.4, 0.5) is 0 Å². The first-order valence-corrected chi connectivity index (χ1v) is 16.9. The van der Waals surface area contributed by atoms with Gasteiger partial charge in [0, 0.05) is 24.2 Å². The molecule has 2 N–H and O–H groups in total. The van der Waals surface area contributed by atoms with E-state index in [-0.39, 0.29) is 11.3 Å². The molecule has 1 aromatic carbocycles. The molecular formula is C36H61N3O3. The Kier molecular flexibility index (Phi) is 15.1. The van der Waals surface area contributed by atoms with Crippen LogP contribution in [0.15, 0.2) is 30.3 Å². The third-order valence-electron chi connectivity index (χ3n) is 9.65. The Morgan fingerprint density at radius 2 is 1.60 bits per heavy atom. The molecular weight excluding hydrogens is 522 g/mol. The van der Waals surface area contributed by atoms with Gasteiger partial charge in [-0.15, -0.1) is 0 Å². The number of rotatable bonds is 21. The first-order chi connectivity index (χ1) is 20.2. The lowest BCUT2D eigenvalue weighted by Gasteiger charge is -2.34. The molecule has 0 aliphatic rings. The molecule has 0 aliphatic carbocycles. The van der Waals surface area contributed by atoms with Gasteiger partial charge in [0.2, 0.25) is 0 Å². The fraction of sp³-hybridized carbons (Fsp3) is 0.694. The second-order valence-electron chi connectivity index (χ2n) is 11.8. The summed E-state index contributed by atoms with van der Waals surface area (Å²) in [7, 11) is 0. The molecule has 1 amide bonds. The summed E-state index contributed by atoms with van der Waals surface area (Å²) >= 11 is 0. The second-order valence-corrected chi connectivity index (χ2v) is 11.8. The van der Waals surface area contributed by atoms with Crippen LogP contribution in [0.25, 0.3) is 0 Å². The highest BCUT2D eigenvalue weighted by Crippen LogP contribution is 2.41. The molecule has 0 atom stereocenters. The summed E-state index contributed by atoms with van der Waals surface area (Å²) in [5.41, 5.74) is 3.67. The van der Waals surface area contributed by atoms with E-state index in [2.05, 4.69) is 94.4 Å². The minimum atomic E-state index is -0.508. The summed E-state index contributed by atoms with van der Waals surface area (Å²) in [6.45, 7) is 22.5. The minimum Gasteiger partial charge on any atom is -0.493 e. The Balaban J connectivity index is 2.11. The number of ether oxygens (including phenoxy) is 1. The first-order valence-electron chi connectivity index (χ1n) is 16.9. The largest absolute Gasteiger partial charge is 0.493 e. The molecule has 6 nitrogen and oxygen atoms in total. The maximum atomic E-state index is 13.2.